The SMILES string of the molecule is Cc1cc(I)ccc1Nc1cc(F)c(F)cc1C(=O)NOCC(O)CC(C)C. The third-order valence-electron chi connectivity index (χ3n) is 3.95. The Labute approximate surface area is 176 Å². The summed E-state index contributed by atoms with van der Waals surface area (Å²) in [5.74, 6) is -2.69. The normalized spacial score (nSPS) is 12.1. The Morgan fingerprint density at radius 1 is 1.18 bits per heavy atom. The number of halogens is 3. The van der Waals surface area contributed by atoms with Crippen LogP contribution in [0.25, 0.3) is 0 Å². The molecule has 3 N–H and O–H groups in total. The Balaban J connectivity index is 2.16. The van der Waals surface area contributed by atoms with E-state index >= 15 is 0 Å². The van der Waals surface area contributed by atoms with E-state index in [-0.39, 0.29) is 23.8 Å². The van der Waals surface area contributed by atoms with E-state index < -0.39 is 23.6 Å². The van der Waals surface area contributed by atoms with Crippen molar-refractivity contribution >= 4 is 39.9 Å². The first kappa shape index (κ1) is 22.5. The number of anilines is 2. The average Bonchev–Trinajstić information content (AvgIpc) is 2.59. The van der Waals surface area contributed by atoms with Crippen molar-refractivity contribution in [3.63, 3.8) is 0 Å². The fourth-order valence-corrected chi connectivity index (χ4v) is 3.27. The minimum Gasteiger partial charge on any atom is -0.391 e. The smallest absolute Gasteiger partial charge is 0.277 e. The van der Waals surface area contributed by atoms with Crippen LogP contribution in [0.3, 0.4) is 0 Å². The molecule has 0 aliphatic heterocycles. The number of aliphatic hydroxyl groups is 1. The molecule has 0 heterocycles. The number of nitrogens with one attached hydrogen (secondary N) is 2. The molecule has 8 heteroatoms. The summed E-state index contributed by atoms with van der Waals surface area (Å²) in [7, 11) is 0. The van der Waals surface area contributed by atoms with Crippen LogP contribution in [0.1, 0.15) is 36.2 Å². The van der Waals surface area contributed by atoms with E-state index in [0.29, 0.717) is 12.1 Å². The molecule has 0 radical (unpaired) electrons. The highest BCUT2D eigenvalue weighted by molar-refractivity contribution is 14.1. The molecule has 0 saturated carbocycles. The number of hydroxylamine groups is 1. The molecule has 152 valence electrons. The van der Waals surface area contributed by atoms with Crippen molar-refractivity contribution in [1.82, 2.24) is 5.48 Å². The third kappa shape index (κ3) is 6.39. The molecule has 2 rings (SSSR count). The van der Waals surface area contributed by atoms with E-state index in [1.165, 1.54) is 0 Å². The number of hydrogen-bond donors (Lipinski definition) is 3. The molecule has 1 unspecified atom stereocenters. The topological polar surface area (TPSA) is 70.6 Å². The lowest BCUT2D eigenvalue weighted by Gasteiger charge is -2.16. The van der Waals surface area contributed by atoms with Gasteiger partial charge in [-0.15, -0.1) is 0 Å². The minimum absolute atomic E-state index is 0.104. The van der Waals surface area contributed by atoms with Crippen LogP contribution < -0.4 is 10.8 Å². The Morgan fingerprint density at radius 3 is 2.50 bits per heavy atom. The molecule has 0 bridgehead atoms. The van der Waals surface area contributed by atoms with E-state index in [1.807, 2.05) is 32.9 Å². The van der Waals surface area contributed by atoms with Crippen molar-refractivity contribution < 1.29 is 23.5 Å². The van der Waals surface area contributed by atoms with E-state index in [1.54, 1.807) is 6.07 Å². The fourth-order valence-electron chi connectivity index (χ4n) is 2.62. The predicted molar refractivity (Wildman–Crippen MR) is 112 cm³/mol. The van der Waals surface area contributed by atoms with Crippen LogP contribution in [0.15, 0.2) is 30.3 Å². The highest BCUT2D eigenvalue weighted by Crippen LogP contribution is 2.27. The second kappa shape index (κ2) is 10.1. The molecule has 0 saturated heterocycles. The van der Waals surface area contributed by atoms with Gasteiger partial charge in [-0.05, 0) is 71.7 Å². The number of aryl methyl sites for hydroxylation is 1. The van der Waals surface area contributed by atoms with Crippen molar-refractivity contribution in [2.24, 2.45) is 5.92 Å². The highest BCUT2D eigenvalue weighted by atomic mass is 127. The van der Waals surface area contributed by atoms with Crippen LogP contribution in [0.4, 0.5) is 20.2 Å². The van der Waals surface area contributed by atoms with Gasteiger partial charge in [0.2, 0.25) is 0 Å². The summed E-state index contributed by atoms with van der Waals surface area (Å²) < 4.78 is 28.5. The summed E-state index contributed by atoms with van der Waals surface area (Å²) in [6.07, 6.45) is -0.225. The summed E-state index contributed by atoms with van der Waals surface area (Å²) in [5.41, 5.74) is 3.70. The summed E-state index contributed by atoms with van der Waals surface area (Å²) in [5, 5.41) is 12.8. The summed E-state index contributed by atoms with van der Waals surface area (Å²) in [6, 6.07) is 7.30. The maximum Gasteiger partial charge on any atom is 0.277 e. The maximum absolute atomic E-state index is 13.8. The van der Waals surface area contributed by atoms with Gasteiger partial charge >= 0.3 is 0 Å². The number of amides is 1. The van der Waals surface area contributed by atoms with Crippen LogP contribution in [-0.2, 0) is 4.84 Å². The van der Waals surface area contributed by atoms with Gasteiger partial charge in [-0.1, -0.05) is 13.8 Å². The first-order valence-electron chi connectivity index (χ1n) is 8.79. The highest BCUT2D eigenvalue weighted by Gasteiger charge is 2.18. The second-order valence-corrected chi connectivity index (χ2v) is 8.17. The molecular weight excluding hydrogens is 481 g/mol. The average molecular weight is 504 g/mol. The Morgan fingerprint density at radius 2 is 1.86 bits per heavy atom. The molecule has 0 aliphatic carbocycles. The molecule has 5 nitrogen and oxygen atoms in total. The number of rotatable bonds is 8. The zero-order valence-electron chi connectivity index (χ0n) is 15.9. The van der Waals surface area contributed by atoms with Crippen LogP contribution in [0.5, 0.6) is 0 Å². The number of carbonyl (C=O) groups is 1. The summed E-state index contributed by atoms with van der Waals surface area (Å²) in [4.78, 5) is 17.4. The predicted octanol–water partition coefficient (Wildman–Crippen LogP) is 4.69. The van der Waals surface area contributed by atoms with Crippen LogP contribution in [0.2, 0.25) is 0 Å². The van der Waals surface area contributed by atoms with Gasteiger partial charge in [0.1, 0.15) is 6.61 Å². The van der Waals surface area contributed by atoms with E-state index in [4.69, 9.17) is 4.84 Å². The molecule has 1 amide bonds. The van der Waals surface area contributed by atoms with Gasteiger partial charge in [-0.3, -0.25) is 9.63 Å². The molecule has 0 aromatic heterocycles. The number of hydrogen-bond acceptors (Lipinski definition) is 4. The zero-order valence-corrected chi connectivity index (χ0v) is 18.0. The number of carbonyl (C=O) groups excluding carboxylic acids is 1. The maximum atomic E-state index is 13.8. The summed E-state index contributed by atoms with van der Waals surface area (Å²) in [6.45, 7) is 5.66. The van der Waals surface area contributed by atoms with Gasteiger partial charge < -0.3 is 10.4 Å². The molecule has 2 aromatic rings. The Hall–Kier alpha value is -1.78. The van der Waals surface area contributed by atoms with Crippen molar-refractivity contribution in [2.45, 2.75) is 33.3 Å². The van der Waals surface area contributed by atoms with Gasteiger partial charge in [0.05, 0.1) is 17.4 Å². The zero-order chi connectivity index (χ0) is 20.8. The Kier molecular flexibility index (Phi) is 8.14. The monoisotopic (exact) mass is 504 g/mol. The van der Waals surface area contributed by atoms with Crippen molar-refractivity contribution in [3.05, 3.63) is 56.7 Å². The van der Waals surface area contributed by atoms with Crippen molar-refractivity contribution in [2.75, 3.05) is 11.9 Å². The molecule has 28 heavy (non-hydrogen) atoms. The van der Waals surface area contributed by atoms with Gasteiger partial charge in [0.15, 0.2) is 11.6 Å². The quantitative estimate of drug-likeness (QED) is 0.361. The number of benzene rings is 2. The Bertz CT molecular complexity index is 846. The molecule has 1 atom stereocenters. The van der Waals surface area contributed by atoms with E-state index in [9.17, 15) is 18.7 Å². The third-order valence-corrected chi connectivity index (χ3v) is 4.62. The van der Waals surface area contributed by atoms with Gasteiger partial charge in [-0.25, -0.2) is 14.3 Å². The lowest BCUT2D eigenvalue weighted by Crippen LogP contribution is -2.29. The molecule has 0 fully saturated rings. The second-order valence-electron chi connectivity index (χ2n) is 6.92. The first-order chi connectivity index (χ1) is 13.2. The van der Waals surface area contributed by atoms with Gasteiger partial charge in [0.25, 0.3) is 5.91 Å². The number of aliphatic hydroxyl groups excluding tert-OH is 1. The summed E-state index contributed by atoms with van der Waals surface area (Å²) >= 11 is 2.17. The van der Waals surface area contributed by atoms with Crippen LogP contribution in [0, 0.1) is 28.0 Å². The molecule has 0 spiro atoms. The molecule has 0 aliphatic rings. The fraction of sp³-hybridized carbons (Fsp3) is 0.350. The van der Waals surface area contributed by atoms with E-state index in [2.05, 4.69) is 33.4 Å². The van der Waals surface area contributed by atoms with Crippen molar-refractivity contribution in [1.29, 1.82) is 0 Å². The lowest BCUT2D eigenvalue weighted by molar-refractivity contribution is -0.0181. The molecular formula is C20H23F2IN2O3. The van der Waals surface area contributed by atoms with Crippen LogP contribution in [-0.4, -0.2) is 23.7 Å². The first-order valence-corrected chi connectivity index (χ1v) is 9.87. The van der Waals surface area contributed by atoms with Crippen molar-refractivity contribution in [3.8, 4) is 0 Å². The minimum atomic E-state index is -1.14. The standard InChI is InChI=1S/C20H23F2IN2O3/c1-11(2)6-14(26)10-28-25-20(27)15-8-16(21)17(22)9-19(15)24-18-5-4-13(23)7-12(18)3/h4-5,7-9,11,14,24,26H,6,10H2,1-3H3,(H,25,27). The van der Waals surface area contributed by atoms with Gasteiger partial charge in [-0.2, -0.15) is 0 Å². The van der Waals surface area contributed by atoms with Crippen LogP contribution >= 0.6 is 22.6 Å². The van der Waals surface area contributed by atoms with Gasteiger partial charge in [0, 0.05) is 15.3 Å². The lowest BCUT2D eigenvalue weighted by atomic mass is 10.1. The molecule has 2 aromatic carbocycles. The van der Waals surface area contributed by atoms with E-state index in [0.717, 1.165) is 21.3 Å². The largest absolute Gasteiger partial charge is 0.391 e.